The van der Waals surface area contributed by atoms with Crippen LogP contribution in [0, 0.1) is 5.92 Å². The molecule has 0 fully saturated rings. The van der Waals surface area contributed by atoms with Gasteiger partial charge in [-0.1, -0.05) is 26.0 Å². The molecule has 1 N–H and O–H groups in total. The quantitative estimate of drug-likeness (QED) is 0.832. The number of sulfonamides is 1. The van der Waals surface area contributed by atoms with Gasteiger partial charge < -0.3 is 9.47 Å². The molecule has 1 atom stereocenters. The van der Waals surface area contributed by atoms with Gasteiger partial charge in [0.05, 0.1) is 19.1 Å². The minimum absolute atomic E-state index is 0.0893. The second kappa shape index (κ2) is 7.68. The summed E-state index contributed by atoms with van der Waals surface area (Å²) < 4.78 is 38.3. The highest BCUT2D eigenvalue weighted by Gasteiger charge is 2.24. The van der Waals surface area contributed by atoms with Crippen molar-refractivity contribution in [2.75, 3.05) is 14.2 Å². The summed E-state index contributed by atoms with van der Waals surface area (Å²) in [6.07, 6.45) is 0. The van der Waals surface area contributed by atoms with Crippen molar-refractivity contribution in [2.45, 2.75) is 24.8 Å². The molecule has 2 aromatic rings. The topological polar surface area (TPSA) is 64.6 Å². The van der Waals surface area contributed by atoms with Crippen molar-refractivity contribution in [3.8, 4) is 11.5 Å². The third-order valence-corrected chi connectivity index (χ3v) is 5.25. The average Bonchev–Trinajstić information content (AvgIpc) is 2.59. The summed E-state index contributed by atoms with van der Waals surface area (Å²) in [5, 5.41) is 0. The van der Waals surface area contributed by atoms with Crippen LogP contribution in [-0.2, 0) is 10.0 Å². The summed E-state index contributed by atoms with van der Waals surface area (Å²) >= 11 is 0. The van der Waals surface area contributed by atoms with Crippen molar-refractivity contribution >= 4 is 10.0 Å². The van der Waals surface area contributed by atoms with E-state index >= 15 is 0 Å². The lowest BCUT2D eigenvalue weighted by atomic mass is 9.97. The normalized spacial score (nSPS) is 12.9. The molecule has 5 nitrogen and oxygen atoms in total. The number of methoxy groups -OCH3 is 2. The minimum Gasteiger partial charge on any atom is -0.497 e. The highest BCUT2D eigenvalue weighted by molar-refractivity contribution is 7.89. The van der Waals surface area contributed by atoms with Gasteiger partial charge in [0.25, 0.3) is 0 Å². The predicted octanol–water partition coefficient (Wildman–Crippen LogP) is 3.38. The fraction of sp³-hybridized carbons (Fsp3) is 0.333. The summed E-state index contributed by atoms with van der Waals surface area (Å²) in [6.45, 7) is 3.96. The molecule has 2 aromatic carbocycles. The molecule has 0 amide bonds. The van der Waals surface area contributed by atoms with Crippen LogP contribution in [-0.4, -0.2) is 22.6 Å². The Labute approximate surface area is 143 Å². The van der Waals surface area contributed by atoms with Crippen molar-refractivity contribution < 1.29 is 17.9 Å². The van der Waals surface area contributed by atoms with Gasteiger partial charge in [0.1, 0.15) is 11.5 Å². The third kappa shape index (κ3) is 4.27. The molecule has 0 bridgehead atoms. The molecule has 130 valence electrons. The summed E-state index contributed by atoms with van der Waals surface area (Å²) in [6, 6.07) is 13.4. The Morgan fingerprint density at radius 1 is 0.833 bits per heavy atom. The highest BCUT2D eigenvalue weighted by Crippen LogP contribution is 2.26. The predicted molar refractivity (Wildman–Crippen MR) is 93.9 cm³/mol. The van der Waals surface area contributed by atoms with E-state index in [2.05, 4.69) is 4.72 Å². The average molecular weight is 349 g/mol. The fourth-order valence-electron chi connectivity index (χ4n) is 2.39. The van der Waals surface area contributed by atoms with Gasteiger partial charge in [-0.05, 0) is 47.9 Å². The Hall–Kier alpha value is -2.05. The Morgan fingerprint density at radius 3 is 1.71 bits per heavy atom. The van der Waals surface area contributed by atoms with E-state index in [1.54, 1.807) is 26.4 Å². The molecule has 1 unspecified atom stereocenters. The van der Waals surface area contributed by atoms with Crippen LogP contribution in [0.3, 0.4) is 0 Å². The molecule has 2 rings (SSSR count). The molecule has 0 spiro atoms. The molecule has 24 heavy (non-hydrogen) atoms. The number of nitrogens with one attached hydrogen (secondary N) is 1. The summed E-state index contributed by atoms with van der Waals surface area (Å²) in [5.74, 6) is 1.44. The summed E-state index contributed by atoms with van der Waals surface area (Å²) in [4.78, 5) is 0.211. The largest absolute Gasteiger partial charge is 0.497 e. The lowest BCUT2D eigenvalue weighted by Gasteiger charge is -2.23. The van der Waals surface area contributed by atoms with Crippen LogP contribution in [0.25, 0.3) is 0 Å². The van der Waals surface area contributed by atoms with Gasteiger partial charge in [-0.15, -0.1) is 0 Å². The van der Waals surface area contributed by atoms with E-state index in [1.807, 2.05) is 38.1 Å². The highest BCUT2D eigenvalue weighted by atomic mass is 32.2. The lowest BCUT2D eigenvalue weighted by molar-refractivity contribution is 0.413. The maximum absolute atomic E-state index is 12.7. The second-order valence-corrected chi connectivity index (χ2v) is 7.51. The monoisotopic (exact) mass is 349 g/mol. The lowest BCUT2D eigenvalue weighted by Crippen LogP contribution is -2.31. The van der Waals surface area contributed by atoms with E-state index in [-0.39, 0.29) is 16.9 Å². The molecule has 0 heterocycles. The van der Waals surface area contributed by atoms with E-state index in [4.69, 9.17) is 9.47 Å². The van der Waals surface area contributed by atoms with Crippen LogP contribution in [0.2, 0.25) is 0 Å². The number of rotatable bonds is 7. The number of hydrogen-bond acceptors (Lipinski definition) is 4. The molecule has 0 aliphatic carbocycles. The van der Waals surface area contributed by atoms with E-state index in [0.29, 0.717) is 5.75 Å². The molecule has 6 heteroatoms. The van der Waals surface area contributed by atoms with Gasteiger partial charge in [-0.2, -0.15) is 0 Å². The fourth-order valence-corrected chi connectivity index (χ4v) is 3.76. The van der Waals surface area contributed by atoms with Gasteiger partial charge in [0, 0.05) is 6.04 Å². The van der Waals surface area contributed by atoms with E-state index in [0.717, 1.165) is 11.3 Å². The molecule has 0 aliphatic heterocycles. The SMILES string of the molecule is COc1ccc(C(NS(=O)(=O)c2ccc(OC)cc2)C(C)C)cc1. The summed E-state index contributed by atoms with van der Waals surface area (Å²) in [7, 11) is -0.490. The van der Waals surface area contributed by atoms with E-state index in [1.165, 1.54) is 12.1 Å². The number of ether oxygens (including phenoxy) is 2. The van der Waals surface area contributed by atoms with E-state index < -0.39 is 10.0 Å². The van der Waals surface area contributed by atoms with Gasteiger partial charge in [0.2, 0.25) is 10.0 Å². The molecule has 0 aromatic heterocycles. The van der Waals surface area contributed by atoms with Crippen LogP contribution in [0.4, 0.5) is 0 Å². The van der Waals surface area contributed by atoms with Crippen molar-refractivity contribution in [3.63, 3.8) is 0 Å². The van der Waals surface area contributed by atoms with Crippen molar-refractivity contribution in [1.29, 1.82) is 0 Å². The van der Waals surface area contributed by atoms with Crippen molar-refractivity contribution in [2.24, 2.45) is 5.92 Å². The standard InChI is InChI=1S/C18H23NO4S/c1-13(2)18(14-5-7-15(22-3)8-6-14)19-24(20,21)17-11-9-16(23-4)10-12-17/h5-13,18-19H,1-4H3. The number of benzene rings is 2. The van der Waals surface area contributed by atoms with Gasteiger partial charge in [0.15, 0.2) is 0 Å². The zero-order chi connectivity index (χ0) is 17.7. The third-order valence-electron chi connectivity index (χ3n) is 3.79. The van der Waals surface area contributed by atoms with Gasteiger partial charge in [-0.3, -0.25) is 0 Å². The van der Waals surface area contributed by atoms with Gasteiger partial charge in [-0.25, -0.2) is 13.1 Å². The number of hydrogen-bond donors (Lipinski definition) is 1. The van der Waals surface area contributed by atoms with Crippen LogP contribution in [0.1, 0.15) is 25.5 Å². The molecule has 0 radical (unpaired) electrons. The Balaban J connectivity index is 2.27. The van der Waals surface area contributed by atoms with Crippen LogP contribution in [0.5, 0.6) is 11.5 Å². The van der Waals surface area contributed by atoms with Gasteiger partial charge >= 0.3 is 0 Å². The molecule has 0 saturated heterocycles. The minimum atomic E-state index is -3.63. The van der Waals surface area contributed by atoms with E-state index in [9.17, 15) is 8.42 Å². The molecular formula is C18H23NO4S. The Morgan fingerprint density at radius 2 is 1.29 bits per heavy atom. The maximum atomic E-state index is 12.7. The summed E-state index contributed by atoms with van der Waals surface area (Å²) in [5.41, 5.74) is 0.892. The molecule has 0 saturated carbocycles. The Kier molecular flexibility index (Phi) is 5.85. The first-order valence-electron chi connectivity index (χ1n) is 7.67. The maximum Gasteiger partial charge on any atom is 0.241 e. The van der Waals surface area contributed by atoms with Crippen LogP contribution in [0.15, 0.2) is 53.4 Å². The molecule has 0 aliphatic rings. The zero-order valence-corrected chi connectivity index (χ0v) is 15.1. The first kappa shape index (κ1) is 18.3. The van der Waals surface area contributed by atoms with Crippen molar-refractivity contribution in [1.82, 2.24) is 4.72 Å². The first-order valence-corrected chi connectivity index (χ1v) is 9.16. The smallest absolute Gasteiger partial charge is 0.241 e. The first-order chi connectivity index (χ1) is 11.4. The van der Waals surface area contributed by atoms with Crippen LogP contribution >= 0.6 is 0 Å². The zero-order valence-electron chi connectivity index (χ0n) is 14.3. The Bertz CT molecular complexity index is 753. The van der Waals surface area contributed by atoms with Crippen molar-refractivity contribution in [3.05, 3.63) is 54.1 Å². The molecular weight excluding hydrogens is 326 g/mol. The van der Waals surface area contributed by atoms with Crippen LogP contribution < -0.4 is 14.2 Å². The second-order valence-electron chi connectivity index (χ2n) is 5.79.